The first-order chi connectivity index (χ1) is 13.4. The van der Waals surface area contributed by atoms with Gasteiger partial charge in [-0.05, 0) is 30.2 Å². The molecule has 6 nitrogen and oxygen atoms in total. The minimum atomic E-state index is -0.117. The van der Waals surface area contributed by atoms with Crippen molar-refractivity contribution in [3.8, 4) is 0 Å². The SMILES string of the molecule is COCCN(Cc1cccn1C)C(=O)CN(CC(C)C)C(=O)c1ccccc1. The van der Waals surface area contributed by atoms with Gasteiger partial charge in [0.15, 0.2) is 0 Å². The molecule has 2 aromatic rings. The van der Waals surface area contributed by atoms with Crippen molar-refractivity contribution in [2.45, 2.75) is 20.4 Å². The van der Waals surface area contributed by atoms with Crippen LogP contribution in [0.2, 0.25) is 0 Å². The van der Waals surface area contributed by atoms with Crippen LogP contribution in [0.15, 0.2) is 48.7 Å². The second kappa shape index (κ2) is 10.7. The van der Waals surface area contributed by atoms with Gasteiger partial charge < -0.3 is 19.1 Å². The summed E-state index contributed by atoms with van der Waals surface area (Å²) in [7, 11) is 3.58. The van der Waals surface area contributed by atoms with E-state index in [0.29, 0.717) is 31.8 Å². The highest BCUT2D eigenvalue weighted by atomic mass is 16.5. The van der Waals surface area contributed by atoms with Crippen molar-refractivity contribution >= 4 is 11.8 Å². The molecular weight excluding hydrogens is 354 g/mol. The summed E-state index contributed by atoms with van der Waals surface area (Å²) >= 11 is 0. The van der Waals surface area contributed by atoms with Gasteiger partial charge in [-0.2, -0.15) is 0 Å². The molecule has 0 saturated heterocycles. The van der Waals surface area contributed by atoms with Crippen molar-refractivity contribution in [3.05, 3.63) is 59.9 Å². The summed E-state index contributed by atoms with van der Waals surface area (Å²) in [5, 5.41) is 0. The maximum absolute atomic E-state index is 13.1. The number of amides is 2. The van der Waals surface area contributed by atoms with Gasteiger partial charge in [0.05, 0.1) is 13.2 Å². The topological polar surface area (TPSA) is 54.8 Å². The van der Waals surface area contributed by atoms with Gasteiger partial charge in [-0.3, -0.25) is 9.59 Å². The molecular formula is C22H31N3O3. The molecule has 0 fully saturated rings. The minimum absolute atomic E-state index is 0.0556. The van der Waals surface area contributed by atoms with E-state index < -0.39 is 0 Å². The maximum Gasteiger partial charge on any atom is 0.254 e. The van der Waals surface area contributed by atoms with Gasteiger partial charge in [-0.1, -0.05) is 32.0 Å². The van der Waals surface area contributed by atoms with E-state index in [9.17, 15) is 9.59 Å². The first-order valence-electron chi connectivity index (χ1n) is 9.63. The Balaban J connectivity index is 2.15. The van der Waals surface area contributed by atoms with Crippen LogP contribution in [0.3, 0.4) is 0 Å². The zero-order valence-corrected chi connectivity index (χ0v) is 17.3. The Kier molecular flexibility index (Phi) is 8.26. The first kappa shape index (κ1) is 21.7. The molecule has 2 amide bonds. The summed E-state index contributed by atoms with van der Waals surface area (Å²) in [5.41, 5.74) is 1.64. The second-order valence-electron chi connectivity index (χ2n) is 7.36. The van der Waals surface area contributed by atoms with Crippen LogP contribution in [-0.2, 0) is 23.1 Å². The van der Waals surface area contributed by atoms with Crippen molar-refractivity contribution in [1.82, 2.24) is 14.4 Å². The highest BCUT2D eigenvalue weighted by molar-refractivity contribution is 5.96. The highest BCUT2D eigenvalue weighted by Crippen LogP contribution is 2.11. The molecule has 0 spiro atoms. The fourth-order valence-corrected chi connectivity index (χ4v) is 3.04. The van der Waals surface area contributed by atoms with E-state index in [4.69, 9.17) is 4.74 Å². The van der Waals surface area contributed by atoms with E-state index in [1.807, 2.05) is 62.0 Å². The van der Waals surface area contributed by atoms with E-state index in [1.165, 1.54) is 0 Å². The molecule has 152 valence electrons. The van der Waals surface area contributed by atoms with E-state index in [2.05, 4.69) is 0 Å². The monoisotopic (exact) mass is 385 g/mol. The lowest BCUT2D eigenvalue weighted by atomic mass is 10.1. The highest BCUT2D eigenvalue weighted by Gasteiger charge is 2.23. The van der Waals surface area contributed by atoms with Gasteiger partial charge in [-0.25, -0.2) is 0 Å². The van der Waals surface area contributed by atoms with Crippen LogP contribution < -0.4 is 0 Å². The molecule has 0 aliphatic heterocycles. The molecule has 0 unspecified atom stereocenters. The lowest BCUT2D eigenvalue weighted by Crippen LogP contribution is -2.45. The maximum atomic E-state index is 13.1. The van der Waals surface area contributed by atoms with Gasteiger partial charge >= 0.3 is 0 Å². The fraction of sp³-hybridized carbons (Fsp3) is 0.455. The molecule has 0 aliphatic rings. The number of carbonyl (C=O) groups is 2. The van der Waals surface area contributed by atoms with E-state index in [1.54, 1.807) is 29.0 Å². The minimum Gasteiger partial charge on any atom is -0.383 e. The average molecular weight is 386 g/mol. The fourth-order valence-electron chi connectivity index (χ4n) is 3.04. The molecule has 0 N–H and O–H groups in total. The Morgan fingerprint density at radius 3 is 2.36 bits per heavy atom. The van der Waals surface area contributed by atoms with E-state index in [-0.39, 0.29) is 24.3 Å². The van der Waals surface area contributed by atoms with E-state index in [0.717, 1.165) is 5.69 Å². The lowest BCUT2D eigenvalue weighted by Gasteiger charge is -2.29. The summed E-state index contributed by atoms with van der Waals surface area (Å²) < 4.78 is 7.17. The third-order valence-corrected chi connectivity index (χ3v) is 4.54. The molecule has 0 saturated carbocycles. The largest absolute Gasteiger partial charge is 0.383 e. The molecule has 0 atom stereocenters. The lowest BCUT2D eigenvalue weighted by molar-refractivity contribution is -0.133. The number of ether oxygens (including phenoxy) is 1. The smallest absolute Gasteiger partial charge is 0.254 e. The van der Waals surface area contributed by atoms with Crippen molar-refractivity contribution in [2.75, 3.05) is 33.4 Å². The number of aryl methyl sites for hydroxylation is 1. The van der Waals surface area contributed by atoms with Crippen molar-refractivity contribution in [3.63, 3.8) is 0 Å². The van der Waals surface area contributed by atoms with Crippen molar-refractivity contribution in [1.29, 1.82) is 0 Å². The first-order valence-corrected chi connectivity index (χ1v) is 9.63. The van der Waals surface area contributed by atoms with Crippen LogP contribution in [0, 0.1) is 5.92 Å². The Labute approximate surface area is 167 Å². The predicted molar refractivity (Wildman–Crippen MR) is 110 cm³/mol. The number of methoxy groups -OCH3 is 1. The van der Waals surface area contributed by atoms with Gasteiger partial charge in [0.2, 0.25) is 5.91 Å². The van der Waals surface area contributed by atoms with Crippen LogP contribution >= 0.6 is 0 Å². The predicted octanol–water partition coefficient (Wildman–Crippen LogP) is 2.80. The quantitative estimate of drug-likeness (QED) is 0.632. The van der Waals surface area contributed by atoms with Crippen molar-refractivity contribution < 1.29 is 14.3 Å². The van der Waals surface area contributed by atoms with Crippen LogP contribution in [0.1, 0.15) is 29.9 Å². The van der Waals surface area contributed by atoms with Crippen LogP contribution in [0.4, 0.5) is 0 Å². The Hall–Kier alpha value is -2.60. The van der Waals surface area contributed by atoms with Crippen LogP contribution in [-0.4, -0.2) is 59.5 Å². The third kappa shape index (κ3) is 6.23. The summed E-state index contributed by atoms with van der Waals surface area (Å²) in [6, 6.07) is 13.1. The van der Waals surface area contributed by atoms with Crippen LogP contribution in [0.5, 0.6) is 0 Å². The molecule has 1 aromatic carbocycles. The number of aromatic nitrogens is 1. The van der Waals surface area contributed by atoms with Crippen LogP contribution in [0.25, 0.3) is 0 Å². The number of hydrogen-bond acceptors (Lipinski definition) is 3. The zero-order chi connectivity index (χ0) is 20.5. The summed E-state index contributed by atoms with van der Waals surface area (Å²) in [4.78, 5) is 29.4. The molecule has 28 heavy (non-hydrogen) atoms. The number of hydrogen-bond donors (Lipinski definition) is 0. The summed E-state index contributed by atoms with van der Waals surface area (Å²) in [6.45, 7) is 6.09. The molecule has 2 rings (SSSR count). The van der Waals surface area contributed by atoms with Gasteiger partial charge in [0.1, 0.15) is 6.54 Å². The molecule has 0 bridgehead atoms. The number of nitrogens with zero attached hydrogens (tertiary/aromatic N) is 3. The van der Waals surface area contributed by atoms with Gasteiger partial charge in [0.25, 0.3) is 5.91 Å². The summed E-state index contributed by atoms with van der Waals surface area (Å²) in [5.74, 6) is 0.0668. The third-order valence-electron chi connectivity index (χ3n) is 4.54. The average Bonchev–Trinajstić information content (AvgIpc) is 3.08. The standard InChI is InChI=1S/C22H31N3O3/c1-18(2)15-25(22(27)19-9-6-5-7-10-19)17-21(26)24(13-14-28-4)16-20-11-8-12-23(20)3/h5-12,18H,13-17H2,1-4H3. The normalized spacial score (nSPS) is 10.9. The number of carbonyl (C=O) groups excluding carboxylic acids is 2. The van der Waals surface area contributed by atoms with Crippen molar-refractivity contribution in [2.24, 2.45) is 13.0 Å². The van der Waals surface area contributed by atoms with Gasteiger partial charge in [-0.15, -0.1) is 0 Å². The second-order valence-corrected chi connectivity index (χ2v) is 7.36. The zero-order valence-electron chi connectivity index (χ0n) is 17.3. The molecule has 1 aromatic heterocycles. The van der Waals surface area contributed by atoms with Gasteiger partial charge in [0, 0.05) is 44.7 Å². The number of benzene rings is 1. The Morgan fingerprint density at radius 1 is 1.07 bits per heavy atom. The molecule has 6 heteroatoms. The molecule has 1 heterocycles. The molecule has 0 radical (unpaired) electrons. The van der Waals surface area contributed by atoms with E-state index >= 15 is 0 Å². The Bertz CT molecular complexity index is 755. The molecule has 0 aliphatic carbocycles. The Morgan fingerprint density at radius 2 is 1.79 bits per heavy atom. The number of rotatable bonds is 10. The summed E-state index contributed by atoms with van der Waals surface area (Å²) in [6.07, 6.45) is 1.96.